The summed E-state index contributed by atoms with van der Waals surface area (Å²) in [6.45, 7) is 3.51. The number of ether oxygens (including phenoxy) is 1. The van der Waals surface area contributed by atoms with E-state index in [4.69, 9.17) is 0 Å². The molecule has 0 heterocycles. The molecule has 2 unspecified atom stereocenters. The lowest BCUT2D eigenvalue weighted by atomic mass is 9.89. The van der Waals surface area contributed by atoms with Crippen molar-refractivity contribution in [2.45, 2.75) is 51.0 Å². The fourth-order valence-electron chi connectivity index (χ4n) is 2.43. The molecule has 0 aromatic rings. The fraction of sp³-hybridized carbons (Fsp3) is 0.688. The average Bonchev–Trinajstić information content (AvgIpc) is 2.47. The van der Waals surface area contributed by atoms with Gasteiger partial charge in [-0.25, -0.2) is 0 Å². The smallest absolute Gasteiger partial charge is 0.311 e. The van der Waals surface area contributed by atoms with Crippen molar-refractivity contribution in [1.29, 1.82) is 0 Å². The van der Waals surface area contributed by atoms with Gasteiger partial charge in [-0.3, -0.25) is 4.79 Å². The van der Waals surface area contributed by atoms with Crippen LogP contribution in [-0.2, 0) is 9.53 Å². The van der Waals surface area contributed by atoms with Crippen molar-refractivity contribution in [2.75, 3.05) is 7.11 Å². The molecule has 0 radical (unpaired) electrons. The molecule has 1 rings (SSSR count). The maximum absolute atomic E-state index is 11.5. The Bertz CT molecular complexity index is 345. The first kappa shape index (κ1) is 15.8. The van der Waals surface area contributed by atoms with Crippen LogP contribution in [0.1, 0.15) is 44.9 Å². The Hall–Kier alpha value is -1.27. The molecule has 3 nitrogen and oxygen atoms in total. The van der Waals surface area contributed by atoms with Crippen LogP contribution in [0.2, 0.25) is 0 Å². The Morgan fingerprint density at radius 3 is 2.74 bits per heavy atom. The molecule has 1 aliphatic rings. The maximum atomic E-state index is 11.5. The van der Waals surface area contributed by atoms with Gasteiger partial charge in [-0.1, -0.05) is 31.3 Å². The van der Waals surface area contributed by atoms with E-state index in [0.29, 0.717) is 18.8 Å². The zero-order valence-electron chi connectivity index (χ0n) is 11.7. The van der Waals surface area contributed by atoms with E-state index in [2.05, 4.69) is 23.2 Å². The number of rotatable bonds is 5. The summed E-state index contributed by atoms with van der Waals surface area (Å²) < 4.78 is 4.69. The van der Waals surface area contributed by atoms with Crippen LogP contribution in [0, 0.1) is 23.7 Å². The van der Waals surface area contributed by atoms with Gasteiger partial charge in [0.15, 0.2) is 0 Å². The second-order valence-electron chi connectivity index (χ2n) is 5.05. The quantitative estimate of drug-likeness (QED) is 0.472. The van der Waals surface area contributed by atoms with E-state index in [-0.39, 0.29) is 0 Å². The highest BCUT2D eigenvalue weighted by molar-refractivity contribution is 5.73. The molecule has 1 fully saturated rings. The molecule has 106 valence electrons. The fourth-order valence-corrected chi connectivity index (χ4v) is 2.43. The Labute approximate surface area is 116 Å². The predicted octanol–water partition coefficient (Wildman–Crippen LogP) is 2.69. The number of hydrogen-bond donors (Lipinski definition) is 1. The third-order valence-corrected chi connectivity index (χ3v) is 3.65. The first-order valence-corrected chi connectivity index (χ1v) is 7.06. The summed E-state index contributed by atoms with van der Waals surface area (Å²) in [6, 6.07) is 0. The molecule has 0 aromatic heterocycles. The normalized spacial score (nSPS) is 18.8. The highest BCUT2D eigenvalue weighted by Crippen LogP contribution is 2.22. The molecule has 19 heavy (non-hydrogen) atoms. The lowest BCUT2D eigenvalue weighted by Gasteiger charge is -2.17. The van der Waals surface area contributed by atoms with Crippen LogP contribution in [0.5, 0.6) is 0 Å². The minimum atomic E-state index is -0.857. The van der Waals surface area contributed by atoms with Crippen molar-refractivity contribution in [3.8, 4) is 11.8 Å². The summed E-state index contributed by atoms with van der Waals surface area (Å²) in [5.74, 6) is 6.00. The lowest BCUT2D eigenvalue weighted by molar-refractivity contribution is -0.148. The molecule has 1 saturated carbocycles. The van der Waals surface area contributed by atoms with Crippen LogP contribution >= 0.6 is 0 Å². The molecule has 2 atom stereocenters. The minimum Gasteiger partial charge on any atom is -0.469 e. The van der Waals surface area contributed by atoms with E-state index < -0.39 is 18.0 Å². The first-order chi connectivity index (χ1) is 9.19. The number of esters is 1. The van der Waals surface area contributed by atoms with Crippen LogP contribution in [0.15, 0.2) is 12.7 Å². The van der Waals surface area contributed by atoms with Gasteiger partial charge >= 0.3 is 5.97 Å². The van der Waals surface area contributed by atoms with Crippen LogP contribution in [-0.4, -0.2) is 24.3 Å². The van der Waals surface area contributed by atoms with Crippen molar-refractivity contribution >= 4 is 5.97 Å². The van der Waals surface area contributed by atoms with E-state index in [1.165, 1.54) is 45.3 Å². The molecule has 1 N–H and O–H groups in total. The molecule has 0 amide bonds. The molecular weight excluding hydrogens is 240 g/mol. The number of methoxy groups -OCH3 is 1. The van der Waals surface area contributed by atoms with E-state index in [1.807, 2.05) is 0 Å². The summed E-state index contributed by atoms with van der Waals surface area (Å²) in [6.07, 6.45) is 7.92. The number of carbonyl (C=O) groups excluding carboxylic acids is 1. The topological polar surface area (TPSA) is 46.5 Å². The van der Waals surface area contributed by atoms with Crippen LogP contribution in [0.3, 0.4) is 0 Å². The van der Waals surface area contributed by atoms with Gasteiger partial charge in [0, 0.05) is 12.3 Å². The standard InChI is InChI=1S/C16H24O3/c1-3-15(17)14(16(18)19-2)12-8-7-11-13-9-5-4-6-10-13/h3,13-15,17H,1,4-6,8-10,12H2,2H3. The average molecular weight is 264 g/mol. The number of hydrogen-bond acceptors (Lipinski definition) is 3. The maximum Gasteiger partial charge on any atom is 0.311 e. The summed E-state index contributed by atoms with van der Waals surface area (Å²) in [4.78, 5) is 11.5. The van der Waals surface area contributed by atoms with Crippen LogP contribution in [0.4, 0.5) is 0 Å². The van der Waals surface area contributed by atoms with Gasteiger partial charge in [-0.15, -0.1) is 12.5 Å². The first-order valence-electron chi connectivity index (χ1n) is 7.06. The summed E-state index contributed by atoms with van der Waals surface area (Å²) in [5.41, 5.74) is 0. The molecule has 0 aromatic carbocycles. The third-order valence-electron chi connectivity index (χ3n) is 3.65. The van der Waals surface area contributed by atoms with Gasteiger partial charge < -0.3 is 9.84 Å². The van der Waals surface area contributed by atoms with E-state index in [1.54, 1.807) is 0 Å². The van der Waals surface area contributed by atoms with Crippen molar-refractivity contribution in [3.05, 3.63) is 12.7 Å². The van der Waals surface area contributed by atoms with Gasteiger partial charge in [0.2, 0.25) is 0 Å². The van der Waals surface area contributed by atoms with Gasteiger partial charge in [-0.2, -0.15) is 0 Å². The van der Waals surface area contributed by atoms with Crippen molar-refractivity contribution < 1.29 is 14.6 Å². The van der Waals surface area contributed by atoms with Gasteiger partial charge in [-0.05, 0) is 19.3 Å². The van der Waals surface area contributed by atoms with Crippen LogP contribution in [0.25, 0.3) is 0 Å². The van der Waals surface area contributed by atoms with Gasteiger partial charge in [0.05, 0.1) is 19.1 Å². The number of carbonyl (C=O) groups is 1. The minimum absolute atomic E-state index is 0.396. The van der Waals surface area contributed by atoms with E-state index in [9.17, 15) is 9.90 Å². The van der Waals surface area contributed by atoms with E-state index in [0.717, 1.165) is 0 Å². The van der Waals surface area contributed by atoms with Gasteiger partial charge in [0.1, 0.15) is 0 Å². The Balaban J connectivity index is 2.41. The number of aliphatic hydroxyl groups excluding tert-OH is 1. The second kappa shape index (κ2) is 8.77. The predicted molar refractivity (Wildman–Crippen MR) is 75.3 cm³/mol. The summed E-state index contributed by atoms with van der Waals surface area (Å²) in [5, 5.41) is 9.70. The molecule has 3 heteroatoms. The molecule has 0 spiro atoms. The van der Waals surface area contributed by atoms with Crippen LogP contribution < -0.4 is 0 Å². The summed E-state index contributed by atoms with van der Waals surface area (Å²) in [7, 11) is 1.33. The molecule has 0 bridgehead atoms. The lowest BCUT2D eigenvalue weighted by Crippen LogP contribution is -2.27. The Morgan fingerprint density at radius 1 is 1.47 bits per heavy atom. The molecule has 0 saturated heterocycles. The molecule has 1 aliphatic carbocycles. The zero-order chi connectivity index (χ0) is 14.1. The van der Waals surface area contributed by atoms with Crippen molar-refractivity contribution in [1.82, 2.24) is 0 Å². The SMILES string of the molecule is C=CC(O)C(CCC#CC1CCCCC1)C(=O)OC. The Morgan fingerprint density at radius 2 is 2.16 bits per heavy atom. The Kier molecular flexibility index (Phi) is 7.28. The summed E-state index contributed by atoms with van der Waals surface area (Å²) >= 11 is 0. The molecular formula is C16H24O3. The molecule has 0 aliphatic heterocycles. The van der Waals surface area contributed by atoms with E-state index >= 15 is 0 Å². The van der Waals surface area contributed by atoms with Crippen molar-refractivity contribution in [3.63, 3.8) is 0 Å². The largest absolute Gasteiger partial charge is 0.469 e. The zero-order valence-corrected chi connectivity index (χ0v) is 11.7. The monoisotopic (exact) mass is 264 g/mol. The number of aliphatic hydroxyl groups is 1. The van der Waals surface area contributed by atoms with Crippen molar-refractivity contribution in [2.24, 2.45) is 11.8 Å². The van der Waals surface area contributed by atoms with Gasteiger partial charge in [0.25, 0.3) is 0 Å². The highest BCUT2D eigenvalue weighted by Gasteiger charge is 2.24. The third kappa shape index (κ3) is 5.48. The second-order valence-corrected chi connectivity index (χ2v) is 5.05. The highest BCUT2D eigenvalue weighted by atomic mass is 16.5.